The number of aryl methyl sites for hydroxylation is 1. The molecule has 0 fully saturated rings. The molecule has 0 saturated heterocycles. The predicted octanol–water partition coefficient (Wildman–Crippen LogP) is 3.33. The van der Waals surface area contributed by atoms with Gasteiger partial charge >= 0.3 is 5.97 Å². The SMILES string of the molecule is CN(N)Cc1ccncc1-c1sc2c(c1C(=O)O)CC(C)(C)CC2. The number of pyridine rings is 1. The van der Waals surface area contributed by atoms with Gasteiger partial charge in [0.2, 0.25) is 0 Å². The molecule has 24 heavy (non-hydrogen) atoms. The normalized spacial score (nSPS) is 16.2. The first-order chi connectivity index (χ1) is 11.3. The second-order valence-corrected chi connectivity index (χ2v) is 8.41. The van der Waals surface area contributed by atoms with Gasteiger partial charge < -0.3 is 5.11 Å². The number of carboxylic acid groups (broad SMARTS) is 1. The standard InChI is InChI=1S/C18H23N3O2S/c1-18(2)6-4-14-12(8-18)15(17(22)23)16(24-14)13-9-20-7-5-11(13)10-21(3)19/h5,7,9H,4,6,8,10,19H2,1-3H3,(H,22,23). The van der Waals surface area contributed by atoms with Gasteiger partial charge in [0.15, 0.2) is 0 Å². The quantitative estimate of drug-likeness (QED) is 0.656. The van der Waals surface area contributed by atoms with Crippen molar-refractivity contribution in [3.63, 3.8) is 0 Å². The van der Waals surface area contributed by atoms with Gasteiger partial charge in [-0.25, -0.2) is 9.80 Å². The van der Waals surface area contributed by atoms with Crippen LogP contribution in [0.5, 0.6) is 0 Å². The monoisotopic (exact) mass is 345 g/mol. The smallest absolute Gasteiger partial charge is 0.337 e. The number of nitrogens with zero attached hydrogens (tertiary/aromatic N) is 2. The molecule has 0 spiro atoms. The number of hydrogen-bond donors (Lipinski definition) is 2. The number of hydrazine groups is 1. The number of thiophene rings is 1. The Labute approximate surface area is 146 Å². The van der Waals surface area contributed by atoms with E-state index < -0.39 is 5.97 Å². The first-order valence-corrected chi connectivity index (χ1v) is 8.87. The number of fused-ring (bicyclic) bond motifs is 1. The Morgan fingerprint density at radius 3 is 2.92 bits per heavy atom. The summed E-state index contributed by atoms with van der Waals surface area (Å²) in [6.07, 6.45) is 6.32. The van der Waals surface area contributed by atoms with Gasteiger partial charge in [-0.3, -0.25) is 10.8 Å². The molecular weight excluding hydrogens is 322 g/mol. The van der Waals surface area contributed by atoms with Crippen molar-refractivity contribution in [1.82, 2.24) is 9.99 Å². The van der Waals surface area contributed by atoms with Gasteiger partial charge in [-0.05, 0) is 41.9 Å². The summed E-state index contributed by atoms with van der Waals surface area (Å²) >= 11 is 1.61. The summed E-state index contributed by atoms with van der Waals surface area (Å²) in [5.41, 5.74) is 3.48. The first-order valence-electron chi connectivity index (χ1n) is 8.05. The lowest BCUT2D eigenvalue weighted by Crippen LogP contribution is -2.25. The molecule has 3 rings (SSSR count). The molecule has 6 heteroatoms. The molecule has 0 amide bonds. The van der Waals surface area contributed by atoms with Crippen LogP contribution in [0.1, 0.15) is 46.6 Å². The van der Waals surface area contributed by atoms with Crippen LogP contribution in [0.3, 0.4) is 0 Å². The molecule has 0 unspecified atom stereocenters. The van der Waals surface area contributed by atoms with E-state index in [0.29, 0.717) is 12.1 Å². The maximum atomic E-state index is 12.0. The van der Waals surface area contributed by atoms with Gasteiger partial charge in [-0.2, -0.15) is 0 Å². The summed E-state index contributed by atoms with van der Waals surface area (Å²) in [4.78, 5) is 18.3. The highest BCUT2D eigenvalue weighted by Crippen LogP contribution is 2.45. The number of carbonyl (C=O) groups is 1. The molecule has 0 bridgehead atoms. The topological polar surface area (TPSA) is 79.5 Å². The van der Waals surface area contributed by atoms with Crippen molar-refractivity contribution in [2.24, 2.45) is 11.3 Å². The molecule has 0 radical (unpaired) electrons. The number of nitrogens with two attached hydrogens (primary N) is 1. The molecule has 0 aromatic carbocycles. The van der Waals surface area contributed by atoms with Crippen molar-refractivity contribution >= 4 is 17.3 Å². The van der Waals surface area contributed by atoms with Gasteiger partial charge in [0.1, 0.15) is 0 Å². The Hall–Kier alpha value is -1.76. The van der Waals surface area contributed by atoms with Gasteiger partial charge in [0.05, 0.1) is 10.4 Å². The summed E-state index contributed by atoms with van der Waals surface area (Å²) < 4.78 is 0. The minimum absolute atomic E-state index is 0.144. The van der Waals surface area contributed by atoms with Gasteiger partial charge in [0, 0.05) is 36.4 Å². The number of aromatic nitrogens is 1. The highest BCUT2D eigenvalue weighted by atomic mass is 32.1. The van der Waals surface area contributed by atoms with E-state index in [2.05, 4.69) is 18.8 Å². The minimum atomic E-state index is -0.851. The summed E-state index contributed by atoms with van der Waals surface area (Å²) in [5.74, 6) is 4.95. The van der Waals surface area contributed by atoms with Crippen LogP contribution >= 0.6 is 11.3 Å². The molecular formula is C18H23N3O2S. The minimum Gasteiger partial charge on any atom is -0.478 e. The number of rotatable bonds is 4. The molecule has 1 aliphatic carbocycles. The molecule has 0 aliphatic heterocycles. The van der Waals surface area contributed by atoms with Crippen molar-refractivity contribution < 1.29 is 9.90 Å². The lowest BCUT2D eigenvalue weighted by atomic mass is 9.76. The van der Waals surface area contributed by atoms with E-state index in [9.17, 15) is 9.90 Å². The third-order valence-electron chi connectivity index (χ3n) is 4.56. The van der Waals surface area contributed by atoms with E-state index in [1.807, 2.05) is 6.07 Å². The highest BCUT2D eigenvalue weighted by Gasteiger charge is 2.33. The van der Waals surface area contributed by atoms with Crippen molar-refractivity contribution in [3.8, 4) is 10.4 Å². The average Bonchev–Trinajstić information content (AvgIpc) is 2.84. The molecule has 1 aliphatic rings. The molecule has 0 saturated carbocycles. The third-order valence-corrected chi connectivity index (χ3v) is 5.89. The van der Waals surface area contributed by atoms with E-state index in [-0.39, 0.29) is 5.41 Å². The zero-order valence-electron chi connectivity index (χ0n) is 14.3. The molecule has 5 nitrogen and oxygen atoms in total. The molecule has 2 aromatic rings. The van der Waals surface area contributed by atoms with Crippen LogP contribution in [0.15, 0.2) is 18.5 Å². The van der Waals surface area contributed by atoms with Crippen LogP contribution in [-0.4, -0.2) is 28.1 Å². The van der Waals surface area contributed by atoms with Crippen molar-refractivity contribution in [3.05, 3.63) is 40.0 Å². The van der Waals surface area contributed by atoms with Gasteiger partial charge in [-0.15, -0.1) is 11.3 Å². The predicted molar refractivity (Wildman–Crippen MR) is 96.0 cm³/mol. The summed E-state index contributed by atoms with van der Waals surface area (Å²) in [7, 11) is 1.80. The molecule has 3 N–H and O–H groups in total. The molecule has 2 aromatic heterocycles. The fourth-order valence-corrected chi connectivity index (χ4v) is 4.72. The van der Waals surface area contributed by atoms with Crippen molar-refractivity contribution in [2.45, 2.75) is 39.7 Å². The zero-order valence-corrected chi connectivity index (χ0v) is 15.1. The number of aromatic carboxylic acids is 1. The fraction of sp³-hybridized carbons (Fsp3) is 0.444. The average molecular weight is 345 g/mol. The maximum Gasteiger partial charge on any atom is 0.337 e. The Kier molecular flexibility index (Phi) is 4.46. The summed E-state index contributed by atoms with van der Waals surface area (Å²) in [6, 6.07) is 1.91. The highest BCUT2D eigenvalue weighted by molar-refractivity contribution is 7.16. The Bertz CT molecular complexity index is 781. The Balaban J connectivity index is 2.17. The number of carboxylic acids is 1. The van der Waals surface area contributed by atoms with Crippen LogP contribution in [0.2, 0.25) is 0 Å². The summed E-state index contributed by atoms with van der Waals surface area (Å²) in [5, 5.41) is 11.5. The van der Waals surface area contributed by atoms with Crippen LogP contribution in [0, 0.1) is 5.41 Å². The molecule has 128 valence electrons. The van der Waals surface area contributed by atoms with E-state index in [1.165, 1.54) is 4.88 Å². The van der Waals surface area contributed by atoms with Crippen LogP contribution in [0.4, 0.5) is 0 Å². The lowest BCUT2D eigenvalue weighted by molar-refractivity contribution is 0.0696. The van der Waals surface area contributed by atoms with E-state index in [4.69, 9.17) is 5.84 Å². The zero-order chi connectivity index (χ0) is 17.5. The second kappa shape index (κ2) is 6.27. The molecule has 0 atom stereocenters. The van der Waals surface area contributed by atoms with E-state index in [0.717, 1.165) is 40.8 Å². The van der Waals surface area contributed by atoms with Crippen LogP contribution in [-0.2, 0) is 19.4 Å². The first kappa shape index (κ1) is 17.1. The maximum absolute atomic E-state index is 12.0. The van der Waals surface area contributed by atoms with Gasteiger partial charge in [0.25, 0.3) is 0 Å². The number of hydrogen-bond acceptors (Lipinski definition) is 5. The second-order valence-electron chi connectivity index (χ2n) is 7.30. The Morgan fingerprint density at radius 2 is 2.25 bits per heavy atom. The van der Waals surface area contributed by atoms with Crippen molar-refractivity contribution in [1.29, 1.82) is 0 Å². The Morgan fingerprint density at radius 1 is 1.50 bits per heavy atom. The third kappa shape index (κ3) is 3.22. The van der Waals surface area contributed by atoms with E-state index >= 15 is 0 Å². The lowest BCUT2D eigenvalue weighted by Gasteiger charge is -2.29. The fourth-order valence-electron chi connectivity index (χ4n) is 3.37. The molecule has 2 heterocycles. The van der Waals surface area contributed by atoms with Crippen molar-refractivity contribution in [2.75, 3.05) is 7.05 Å². The summed E-state index contributed by atoms with van der Waals surface area (Å²) in [6.45, 7) is 4.96. The van der Waals surface area contributed by atoms with E-state index in [1.54, 1.807) is 35.8 Å². The van der Waals surface area contributed by atoms with Crippen LogP contribution in [0.25, 0.3) is 10.4 Å². The van der Waals surface area contributed by atoms with Gasteiger partial charge in [-0.1, -0.05) is 13.8 Å². The largest absolute Gasteiger partial charge is 0.478 e. The van der Waals surface area contributed by atoms with Crippen LogP contribution < -0.4 is 5.84 Å².